The monoisotopic (exact) mass is 272 g/mol. The summed E-state index contributed by atoms with van der Waals surface area (Å²) in [5.74, 6) is -0.395. The highest BCUT2D eigenvalue weighted by atomic mass is 32.2. The maximum Gasteiger partial charge on any atom is 0.241 e. The Labute approximate surface area is 106 Å². The van der Waals surface area contributed by atoms with Crippen LogP contribution in [0.1, 0.15) is 13.3 Å². The van der Waals surface area contributed by atoms with Gasteiger partial charge in [-0.3, -0.25) is 4.79 Å². The second-order valence-corrected chi connectivity index (χ2v) is 5.44. The van der Waals surface area contributed by atoms with Crippen LogP contribution >= 0.6 is 0 Å². The minimum atomic E-state index is -3.72. The van der Waals surface area contributed by atoms with Gasteiger partial charge in [-0.15, -0.1) is 0 Å². The third kappa shape index (κ3) is 4.34. The van der Waals surface area contributed by atoms with E-state index >= 15 is 0 Å². The van der Waals surface area contributed by atoms with Gasteiger partial charge in [-0.05, 0) is 30.7 Å². The van der Waals surface area contributed by atoms with Gasteiger partial charge in [-0.25, -0.2) is 13.1 Å². The molecule has 0 heterocycles. The lowest BCUT2D eigenvalue weighted by molar-refractivity contribution is -0.119. The Morgan fingerprint density at radius 3 is 2.44 bits per heavy atom. The molecular weight excluding hydrogens is 256 g/mol. The average Bonchev–Trinajstić information content (AvgIpc) is 2.34. The zero-order valence-corrected chi connectivity index (χ0v) is 10.8. The summed E-state index contributed by atoms with van der Waals surface area (Å²) in [6, 6.07) is 5.07. The first kappa shape index (κ1) is 14.5. The number of phenols is 1. The van der Waals surface area contributed by atoms with Gasteiger partial charge >= 0.3 is 0 Å². The van der Waals surface area contributed by atoms with Gasteiger partial charge < -0.3 is 10.4 Å². The van der Waals surface area contributed by atoms with Crippen molar-refractivity contribution in [2.75, 3.05) is 13.1 Å². The molecule has 0 saturated heterocycles. The highest BCUT2D eigenvalue weighted by molar-refractivity contribution is 7.89. The lowest BCUT2D eigenvalue weighted by Crippen LogP contribution is -2.37. The van der Waals surface area contributed by atoms with Crippen molar-refractivity contribution in [3.8, 4) is 5.75 Å². The minimum Gasteiger partial charge on any atom is -0.508 e. The van der Waals surface area contributed by atoms with E-state index < -0.39 is 10.0 Å². The third-order valence-electron chi connectivity index (χ3n) is 2.14. The summed E-state index contributed by atoms with van der Waals surface area (Å²) >= 11 is 0. The molecule has 0 spiro atoms. The molecule has 1 aromatic carbocycles. The number of phenolic OH excluding ortho intramolecular Hbond substituents is 1. The van der Waals surface area contributed by atoms with Crippen LogP contribution in [0, 0.1) is 0 Å². The fraction of sp³-hybridized carbons (Fsp3) is 0.364. The van der Waals surface area contributed by atoms with E-state index in [0.717, 1.165) is 6.42 Å². The number of hydrogen-bond donors (Lipinski definition) is 3. The van der Waals surface area contributed by atoms with Gasteiger partial charge in [0.1, 0.15) is 5.75 Å². The van der Waals surface area contributed by atoms with Crippen LogP contribution in [-0.2, 0) is 14.8 Å². The van der Waals surface area contributed by atoms with E-state index in [2.05, 4.69) is 10.0 Å². The molecule has 100 valence electrons. The van der Waals surface area contributed by atoms with Gasteiger partial charge in [0.05, 0.1) is 11.4 Å². The summed E-state index contributed by atoms with van der Waals surface area (Å²) in [4.78, 5) is 11.3. The molecule has 1 rings (SSSR count). The molecule has 0 saturated carbocycles. The van der Waals surface area contributed by atoms with E-state index in [1.807, 2.05) is 6.92 Å². The number of nitrogens with one attached hydrogen (secondary N) is 2. The number of aromatic hydroxyl groups is 1. The van der Waals surface area contributed by atoms with Crippen LogP contribution in [0.25, 0.3) is 0 Å². The number of benzene rings is 1. The molecule has 7 heteroatoms. The molecule has 0 aliphatic rings. The van der Waals surface area contributed by atoms with E-state index in [1.54, 1.807) is 0 Å². The maximum absolute atomic E-state index is 11.7. The van der Waals surface area contributed by atoms with Gasteiger partial charge in [-0.2, -0.15) is 0 Å². The van der Waals surface area contributed by atoms with Crippen LogP contribution in [0.15, 0.2) is 29.2 Å². The number of hydrogen-bond acceptors (Lipinski definition) is 4. The summed E-state index contributed by atoms with van der Waals surface area (Å²) < 4.78 is 25.7. The van der Waals surface area contributed by atoms with E-state index in [4.69, 9.17) is 5.11 Å². The average molecular weight is 272 g/mol. The fourth-order valence-electron chi connectivity index (χ4n) is 1.20. The van der Waals surface area contributed by atoms with Crippen LogP contribution in [0.5, 0.6) is 5.75 Å². The number of sulfonamides is 1. The minimum absolute atomic E-state index is 0.00333. The first-order valence-electron chi connectivity index (χ1n) is 5.51. The van der Waals surface area contributed by atoms with Gasteiger partial charge in [0.25, 0.3) is 0 Å². The third-order valence-corrected chi connectivity index (χ3v) is 3.56. The highest BCUT2D eigenvalue weighted by Crippen LogP contribution is 2.13. The number of carbonyl (C=O) groups is 1. The fourth-order valence-corrected chi connectivity index (χ4v) is 2.18. The van der Waals surface area contributed by atoms with Crippen molar-refractivity contribution >= 4 is 15.9 Å². The lowest BCUT2D eigenvalue weighted by atomic mass is 10.3. The number of carbonyl (C=O) groups excluding carboxylic acids is 1. The molecule has 0 bridgehead atoms. The van der Waals surface area contributed by atoms with Crippen LogP contribution < -0.4 is 10.0 Å². The Morgan fingerprint density at radius 2 is 1.89 bits per heavy atom. The van der Waals surface area contributed by atoms with E-state index in [9.17, 15) is 13.2 Å². The van der Waals surface area contributed by atoms with E-state index in [1.165, 1.54) is 24.3 Å². The van der Waals surface area contributed by atoms with Crippen LogP contribution in [-0.4, -0.2) is 32.5 Å². The first-order chi connectivity index (χ1) is 8.45. The Hall–Kier alpha value is -1.60. The molecule has 0 aliphatic carbocycles. The quantitative estimate of drug-likeness (QED) is 0.689. The molecule has 0 aromatic heterocycles. The second-order valence-electron chi connectivity index (χ2n) is 3.67. The van der Waals surface area contributed by atoms with Crippen LogP contribution in [0.2, 0.25) is 0 Å². The standard InChI is InChI=1S/C11H16N2O4S/c1-2-7-12-11(15)8-13-18(16,17)10-5-3-9(14)4-6-10/h3-6,13-14H,2,7-8H2,1H3,(H,12,15). The second kappa shape index (κ2) is 6.36. The predicted molar refractivity (Wildman–Crippen MR) is 66.6 cm³/mol. The Kier molecular flexibility index (Phi) is 5.11. The largest absolute Gasteiger partial charge is 0.508 e. The highest BCUT2D eigenvalue weighted by Gasteiger charge is 2.14. The van der Waals surface area contributed by atoms with Crippen molar-refractivity contribution in [1.82, 2.24) is 10.0 Å². The SMILES string of the molecule is CCCNC(=O)CNS(=O)(=O)c1ccc(O)cc1. The zero-order chi connectivity index (χ0) is 13.6. The molecule has 0 atom stereocenters. The molecule has 0 unspecified atom stereocenters. The van der Waals surface area contributed by atoms with Gasteiger partial charge in [-0.1, -0.05) is 6.92 Å². The molecule has 0 fully saturated rings. The molecule has 3 N–H and O–H groups in total. The van der Waals surface area contributed by atoms with Crippen molar-refractivity contribution in [2.24, 2.45) is 0 Å². The molecule has 1 aromatic rings. The Morgan fingerprint density at radius 1 is 1.28 bits per heavy atom. The number of amides is 1. The molecule has 6 nitrogen and oxygen atoms in total. The normalized spacial score (nSPS) is 11.2. The summed E-state index contributed by atoms with van der Waals surface area (Å²) in [7, 11) is -3.72. The van der Waals surface area contributed by atoms with Crippen LogP contribution in [0.4, 0.5) is 0 Å². The smallest absolute Gasteiger partial charge is 0.241 e. The molecule has 0 radical (unpaired) electrons. The summed E-state index contributed by atoms with van der Waals surface area (Å²) in [6.07, 6.45) is 0.788. The van der Waals surface area contributed by atoms with Gasteiger partial charge in [0.2, 0.25) is 15.9 Å². The maximum atomic E-state index is 11.7. The van der Waals surface area contributed by atoms with Gasteiger partial charge in [0, 0.05) is 6.54 Å². The topological polar surface area (TPSA) is 95.5 Å². The Balaban J connectivity index is 2.60. The van der Waals surface area contributed by atoms with Crippen molar-refractivity contribution in [1.29, 1.82) is 0 Å². The molecule has 1 amide bonds. The Bertz CT molecular complexity index is 496. The number of rotatable bonds is 6. The summed E-state index contributed by atoms with van der Waals surface area (Å²) in [6.45, 7) is 2.11. The van der Waals surface area contributed by atoms with Crippen molar-refractivity contribution < 1.29 is 18.3 Å². The van der Waals surface area contributed by atoms with Gasteiger partial charge in [0.15, 0.2) is 0 Å². The first-order valence-corrected chi connectivity index (χ1v) is 6.99. The van der Waals surface area contributed by atoms with E-state index in [0.29, 0.717) is 6.54 Å². The zero-order valence-electron chi connectivity index (χ0n) is 10.0. The molecule has 18 heavy (non-hydrogen) atoms. The summed E-state index contributed by atoms with van der Waals surface area (Å²) in [5, 5.41) is 11.6. The lowest BCUT2D eigenvalue weighted by Gasteiger charge is -2.07. The summed E-state index contributed by atoms with van der Waals surface area (Å²) in [5.41, 5.74) is 0. The van der Waals surface area contributed by atoms with E-state index in [-0.39, 0.29) is 23.1 Å². The molecular formula is C11H16N2O4S. The van der Waals surface area contributed by atoms with Crippen LogP contribution in [0.3, 0.4) is 0 Å². The van der Waals surface area contributed by atoms with Crippen molar-refractivity contribution in [3.05, 3.63) is 24.3 Å². The van der Waals surface area contributed by atoms with Crippen molar-refractivity contribution in [2.45, 2.75) is 18.2 Å². The predicted octanol–water partition coefficient (Wildman–Crippen LogP) is 0.197. The molecule has 0 aliphatic heterocycles. The van der Waals surface area contributed by atoms with Crippen molar-refractivity contribution in [3.63, 3.8) is 0 Å².